The minimum absolute atomic E-state index is 1.20. The van der Waals surface area contributed by atoms with Gasteiger partial charge in [-0.1, -0.05) is 44.1 Å². The lowest BCUT2D eigenvalue weighted by atomic mass is 10.2. The van der Waals surface area contributed by atoms with E-state index in [4.69, 9.17) is 0 Å². The van der Waals surface area contributed by atoms with E-state index in [1.807, 2.05) is 6.08 Å². The highest BCUT2D eigenvalue weighted by Crippen LogP contribution is 2.00. The summed E-state index contributed by atoms with van der Waals surface area (Å²) in [5, 5.41) is 0. The van der Waals surface area contributed by atoms with Crippen molar-refractivity contribution in [1.29, 1.82) is 0 Å². The molecule has 0 aliphatic rings. The zero-order valence-corrected chi connectivity index (χ0v) is 6.48. The number of allylic oxidation sites excluding steroid dienone is 3. The van der Waals surface area contributed by atoms with Gasteiger partial charge in [0.25, 0.3) is 0 Å². The lowest BCUT2D eigenvalue weighted by Crippen LogP contribution is -1.69. The first kappa shape index (κ1) is 8.48. The second-order valence-corrected chi connectivity index (χ2v) is 2.29. The van der Waals surface area contributed by atoms with Crippen molar-refractivity contribution in [2.75, 3.05) is 0 Å². The summed E-state index contributed by atoms with van der Waals surface area (Å²) in [6.45, 7) is 7.96. The summed E-state index contributed by atoms with van der Waals surface area (Å²) < 4.78 is 0. The Morgan fingerprint density at radius 3 is 2.67 bits per heavy atom. The third kappa shape index (κ3) is 5.35. The Kier molecular flexibility index (Phi) is 5.29. The van der Waals surface area contributed by atoms with Gasteiger partial charge in [0.1, 0.15) is 0 Å². The molecule has 0 bridgehead atoms. The summed E-state index contributed by atoms with van der Waals surface area (Å²) in [4.78, 5) is 0. The SMILES string of the molecule is C=CC(C)=CCCCC. The van der Waals surface area contributed by atoms with Gasteiger partial charge in [-0.25, -0.2) is 0 Å². The molecule has 0 aliphatic carbocycles. The molecule has 0 N–H and O–H groups in total. The van der Waals surface area contributed by atoms with Gasteiger partial charge >= 0.3 is 0 Å². The molecule has 0 spiro atoms. The molecule has 0 saturated heterocycles. The van der Waals surface area contributed by atoms with Crippen molar-refractivity contribution in [1.82, 2.24) is 0 Å². The zero-order valence-electron chi connectivity index (χ0n) is 6.48. The van der Waals surface area contributed by atoms with E-state index in [9.17, 15) is 0 Å². The summed E-state index contributed by atoms with van der Waals surface area (Å²) >= 11 is 0. The third-order valence-electron chi connectivity index (χ3n) is 1.35. The Balaban J connectivity index is 3.31. The summed E-state index contributed by atoms with van der Waals surface area (Å²) in [6.07, 6.45) is 7.91. The van der Waals surface area contributed by atoms with Crippen LogP contribution in [0.2, 0.25) is 0 Å². The summed E-state index contributed by atoms with van der Waals surface area (Å²) in [5.74, 6) is 0. The smallest absolute Gasteiger partial charge is 0.0345 e. The van der Waals surface area contributed by atoms with Crippen molar-refractivity contribution in [3.8, 4) is 0 Å². The lowest BCUT2D eigenvalue weighted by Gasteiger charge is -1.90. The maximum atomic E-state index is 3.67. The van der Waals surface area contributed by atoms with E-state index >= 15 is 0 Å². The minimum atomic E-state index is 1.20. The maximum Gasteiger partial charge on any atom is -0.0345 e. The highest BCUT2D eigenvalue weighted by Gasteiger charge is 1.79. The van der Waals surface area contributed by atoms with Crippen LogP contribution in [0.3, 0.4) is 0 Å². The molecule has 0 aromatic rings. The summed E-state index contributed by atoms with van der Waals surface area (Å²) in [6, 6.07) is 0. The van der Waals surface area contributed by atoms with E-state index < -0.39 is 0 Å². The Hall–Kier alpha value is -0.520. The van der Waals surface area contributed by atoms with Gasteiger partial charge in [-0.3, -0.25) is 0 Å². The van der Waals surface area contributed by atoms with Crippen molar-refractivity contribution >= 4 is 0 Å². The second kappa shape index (κ2) is 5.61. The first-order valence-corrected chi connectivity index (χ1v) is 3.60. The van der Waals surface area contributed by atoms with Crippen molar-refractivity contribution in [3.05, 3.63) is 24.3 Å². The zero-order chi connectivity index (χ0) is 7.11. The molecule has 0 nitrogen and oxygen atoms in total. The normalized spacial score (nSPS) is 11.6. The third-order valence-corrected chi connectivity index (χ3v) is 1.35. The van der Waals surface area contributed by atoms with Crippen LogP contribution in [-0.2, 0) is 0 Å². The second-order valence-electron chi connectivity index (χ2n) is 2.29. The molecule has 0 aromatic carbocycles. The van der Waals surface area contributed by atoms with Crippen LogP contribution in [-0.4, -0.2) is 0 Å². The van der Waals surface area contributed by atoms with E-state index in [0.29, 0.717) is 0 Å². The summed E-state index contributed by atoms with van der Waals surface area (Å²) in [7, 11) is 0. The molecule has 0 aliphatic heterocycles. The van der Waals surface area contributed by atoms with Crippen molar-refractivity contribution in [2.24, 2.45) is 0 Å². The van der Waals surface area contributed by atoms with Gasteiger partial charge < -0.3 is 0 Å². The molecule has 0 saturated carbocycles. The minimum Gasteiger partial charge on any atom is -0.0988 e. The van der Waals surface area contributed by atoms with Crippen LogP contribution in [0.4, 0.5) is 0 Å². The Morgan fingerprint density at radius 2 is 2.22 bits per heavy atom. The number of rotatable bonds is 4. The Bertz CT molecular complexity index is 98.6. The van der Waals surface area contributed by atoms with Gasteiger partial charge in [0.15, 0.2) is 0 Å². The molecule has 0 aromatic heterocycles. The van der Waals surface area contributed by atoms with E-state index in [0.717, 1.165) is 0 Å². The molecular formula is C9H16. The highest BCUT2D eigenvalue weighted by atomic mass is 13.9. The lowest BCUT2D eigenvalue weighted by molar-refractivity contribution is 0.812. The van der Waals surface area contributed by atoms with Crippen LogP contribution < -0.4 is 0 Å². The Morgan fingerprint density at radius 1 is 1.56 bits per heavy atom. The standard InChI is InChI=1S/C9H16/c1-4-6-7-8-9(3)5-2/h5,8H,2,4,6-7H2,1,3H3. The fourth-order valence-corrected chi connectivity index (χ4v) is 0.617. The fourth-order valence-electron chi connectivity index (χ4n) is 0.617. The predicted octanol–water partition coefficient (Wildman–Crippen LogP) is 3.31. The highest BCUT2D eigenvalue weighted by molar-refractivity contribution is 5.12. The van der Waals surface area contributed by atoms with Gasteiger partial charge in [0.2, 0.25) is 0 Å². The van der Waals surface area contributed by atoms with Crippen LogP contribution in [0.25, 0.3) is 0 Å². The van der Waals surface area contributed by atoms with Crippen LogP contribution >= 0.6 is 0 Å². The van der Waals surface area contributed by atoms with Gasteiger partial charge in [-0.2, -0.15) is 0 Å². The maximum absolute atomic E-state index is 3.67. The largest absolute Gasteiger partial charge is 0.0988 e. The summed E-state index contributed by atoms with van der Waals surface area (Å²) in [5.41, 5.74) is 1.29. The monoisotopic (exact) mass is 124 g/mol. The van der Waals surface area contributed by atoms with Crippen molar-refractivity contribution < 1.29 is 0 Å². The van der Waals surface area contributed by atoms with Crippen LogP contribution in [0.5, 0.6) is 0 Å². The number of hydrogen-bond acceptors (Lipinski definition) is 0. The average molecular weight is 124 g/mol. The molecule has 0 radical (unpaired) electrons. The van der Waals surface area contributed by atoms with E-state index in [1.165, 1.54) is 24.8 Å². The predicted molar refractivity (Wildman–Crippen MR) is 43.5 cm³/mol. The Labute approximate surface area is 58.3 Å². The average Bonchev–Trinajstić information content (AvgIpc) is 1.89. The molecule has 52 valence electrons. The number of hydrogen-bond donors (Lipinski definition) is 0. The van der Waals surface area contributed by atoms with Gasteiger partial charge in [0, 0.05) is 0 Å². The molecule has 0 unspecified atom stereocenters. The molecule has 9 heavy (non-hydrogen) atoms. The topological polar surface area (TPSA) is 0 Å². The van der Waals surface area contributed by atoms with Crippen LogP contribution in [0, 0.1) is 0 Å². The molecule has 0 atom stereocenters. The number of unbranched alkanes of at least 4 members (excludes halogenated alkanes) is 2. The first-order valence-electron chi connectivity index (χ1n) is 3.60. The van der Waals surface area contributed by atoms with Crippen molar-refractivity contribution in [2.45, 2.75) is 33.1 Å². The van der Waals surface area contributed by atoms with Gasteiger partial charge in [-0.15, -0.1) is 0 Å². The molecular weight excluding hydrogens is 108 g/mol. The molecule has 0 heterocycles. The van der Waals surface area contributed by atoms with Gasteiger partial charge in [0.05, 0.1) is 0 Å². The molecule has 0 rings (SSSR count). The van der Waals surface area contributed by atoms with E-state index in [2.05, 4.69) is 26.5 Å². The molecule has 0 fully saturated rings. The first-order chi connectivity index (χ1) is 4.31. The van der Waals surface area contributed by atoms with Crippen molar-refractivity contribution in [3.63, 3.8) is 0 Å². The quantitative estimate of drug-likeness (QED) is 0.398. The van der Waals surface area contributed by atoms with E-state index in [-0.39, 0.29) is 0 Å². The fraction of sp³-hybridized carbons (Fsp3) is 0.556. The molecule has 0 heteroatoms. The van der Waals surface area contributed by atoms with Gasteiger partial charge in [-0.05, 0) is 13.3 Å². The molecule has 0 amide bonds. The van der Waals surface area contributed by atoms with E-state index in [1.54, 1.807) is 0 Å². The van der Waals surface area contributed by atoms with Crippen LogP contribution in [0.1, 0.15) is 33.1 Å². The van der Waals surface area contributed by atoms with Crippen LogP contribution in [0.15, 0.2) is 24.3 Å².